The Morgan fingerprint density at radius 1 is 1.06 bits per heavy atom. The van der Waals surface area contributed by atoms with Crippen molar-refractivity contribution < 1.29 is 19.5 Å². The molecule has 0 bridgehead atoms. The molecule has 1 aliphatic carbocycles. The van der Waals surface area contributed by atoms with Crippen molar-refractivity contribution in [2.24, 2.45) is 11.0 Å². The molecular formula is C18H14N6O7. The van der Waals surface area contributed by atoms with Crippen molar-refractivity contribution in [2.45, 2.75) is 6.42 Å². The smallest absolute Gasteiger partial charge is 0.318 e. The number of nitrogens with one attached hydrogen (secondary N) is 1. The summed E-state index contributed by atoms with van der Waals surface area (Å²) < 4.78 is 5.52. The maximum absolute atomic E-state index is 11.2. The van der Waals surface area contributed by atoms with Gasteiger partial charge in [-0.2, -0.15) is 5.10 Å². The number of benzene rings is 1. The van der Waals surface area contributed by atoms with Crippen LogP contribution in [0.15, 0.2) is 65.6 Å². The van der Waals surface area contributed by atoms with Crippen LogP contribution in [0.5, 0.6) is 5.75 Å². The van der Waals surface area contributed by atoms with Crippen molar-refractivity contribution in [2.75, 3.05) is 5.43 Å². The van der Waals surface area contributed by atoms with Gasteiger partial charge < -0.3 is 4.74 Å². The fourth-order valence-electron chi connectivity index (χ4n) is 2.54. The number of hydrogen-bond acceptors (Lipinski definition) is 10. The van der Waals surface area contributed by atoms with Gasteiger partial charge in [0.2, 0.25) is 5.75 Å². The van der Waals surface area contributed by atoms with E-state index in [1.165, 1.54) is 18.2 Å². The van der Waals surface area contributed by atoms with Crippen molar-refractivity contribution in [3.63, 3.8) is 0 Å². The molecule has 0 spiro atoms. The van der Waals surface area contributed by atoms with Crippen LogP contribution < -0.4 is 10.2 Å². The molecule has 13 heteroatoms. The van der Waals surface area contributed by atoms with Crippen LogP contribution in [0.2, 0.25) is 0 Å². The first-order chi connectivity index (χ1) is 14.8. The summed E-state index contributed by atoms with van der Waals surface area (Å²) in [5, 5.41) is 36.6. The Kier molecular flexibility index (Phi) is 6.25. The average molecular weight is 426 g/mol. The van der Waals surface area contributed by atoms with Gasteiger partial charge in [0, 0.05) is 24.3 Å². The number of non-ortho nitro benzene ring substituents is 1. The van der Waals surface area contributed by atoms with Crippen LogP contribution in [0.4, 0.5) is 22.9 Å². The minimum absolute atomic E-state index is 0.0928. The molecule has 1 atom stereocenters. The average Bonchev–Trinajstić information content (AvgIpc) is 2.75. The van der Waals surface area contributed by atoms with Crippen LogP contribution in [0.25, 0.3) is 0 Å². The lowest BCUT2D eigenvalue weighted by Crippen LogP contribution is -2.06. The van der Waals surface area contributed by atoms with E-state index in [4.69, 9.17) is 4.74 Å². The van der Waals surface area contributed by atoms with E-state index in [1.54, 1.807) is 24.4 Å². The van der Waals surface area contributed by atoms with Gasteiger partial charge in [0.25, 0.3) is 11.4 Å². The minimum Gasteiger partial charge on any atom is -0.450 e. The molecule has 0 aliphatic heterocycles. The number of pyridine rings is 1. The van der Waals surface area contributed by atoms with Gasteiger partial charge in [-0.3, -0.25) is 35.8 Å². The Balaban J connectivity index is 1.59. The zero-order valence-corrected chi connectivity index (χ0v) is 15.7. The fourth-order valence-corrected chi connectivity index (χ4v) is 2.54. The summed E-state index contributed by atoms with van der Waals surface area (Å²) in [6, 6.07) is 5.88. The van der Waals surface area contributed by atoms with E-state index in [2.05, 4.69) is 15.5 Å². The van der Waals surface area contributed by atoms with E-state index in [-0.39, 0.29) is 17.4 Å². The maximum Gasteiger partial charge on any atom is 0.318 e. The molecule has 0 saturated carbocycles. The molecule has 1 aromatic carbocycles. The maximum atomic E-state index is 11.2. The predicted molar refractivity (Wildman–Crippen MR) is 109 cm³/mol. The topological polar surface area (TPSA) is 176 Å². The third-order valence-corrected chi connectivity index (χ3v) is 4.08. The molecule has 13 nitrogen and oxygen atoms in total. The number of hydrogen-bond donors (Lipinski definition) is 1. The minimum atomic E-state index is -0.747. The molecule has 0 amide bonds. The zero-order chi connectivity index (χ0) is 22.4. The number of aromatic nitrogens is 1. The highest BCUT2D eigenvalue weighted by molar-refractivity contribution is 5.65. The third kappa shape index (κ3) is 5.44. The van der Waals surface area contributed by atoms with Gasteiger partial charge in [0.05, 0.1) is 20.8 Å². The number of nitro benzene ring substituents is 2. The van der Waals surface area contributed by atoms with Crippen molar-refractivity contribution in [3.8, 4) is 5.75 Å². The van der Waals surface area contributed by atoms with Gasteiger partial charge in [0.1, 0.15) is 17.8 Å². The second kappa shape index (κ2) is 9.21. The second-order valence-electron chi connectivity index (χ2n) is 6.18. The van der Waals surface area contributed by atoms with Gasteiger partial charge in [-0.25, -0.2) is 4.98 Å². The quantitative estimate of drug-likeness (QED) is 0.374. The third-order valence-electron chi connectivity index (χ3n) is 4.08. The van der Waals surface area contributed by atoms with Crippen LogP contribution in [0.3, 0.4) is 0 Å². The van der Waals surface area contributed by atoms with E-state index in [1.807, 2.05) is 0 Å². The number of nitrogens with zero attached hydrogens (tertiary/aromatic N) is 5. The monoisotopic (exact) mass is 426 g/mol. The van der Waals surface area contributed by atoms with Gasteiger partial charge in [-0.1, -0.05) is 6.08 Å². The highest BCUT2D eigenvalue weighted by Gasteiger charge is 2.22. The Morgan fingerprint density at radius 2 is 1.81 bits per heavy atom. The van der Waals surface area contributed by atoms with Crippen molar-refractivity contribution >= 4 is 29.1 Å². The molecule has 158 valence electrons. The molecule has 1 N–H and O–H groups in total. The van der Waals surface area contributed by atoms with Crippen LogP contribution in [-0.2, 0) is 0 Å². The Hall–Kier alpha value is -4.68. The summed E-state index contributed by atoms with van der Waals surface area (Å²) in [5.41, 5.74) is 1.62. The first-order valence-corrected chi connectivity index (χ1v) is 8.72. The van der Waals surface area contributed by atoms with Crippen LogP contribution in [0, 0.1) is 36.3 Å². The van der Waals surface area contributed by atoms with Gasteiger partial charge in [-0.15, -0.1) is 0 Å². The van der Waals surface area contributed by atoms with Crippen molar-refractivity contribution in [1.29, 1.82) is 0 Å². The van der Waals surface area contributed by atoms with Gasteiger partial charge >= 0.3 is 5.69 Å². The summed E-state index contributed by atoms with van der Waals surface area (Å²) in [7, 11) is 0. The molecule has 1 heterocycles. The summed E-state index contributed by atoms with van der Waals surface area (Å²) in [6.07, 6.45) is 8.27. The number of hydrazone groups is 1. The highest BCUT2D eigenvalue weighted by atomic mass is 16.6. The second-order valence-corrected chi connectivity index (χ2v) is 6.18. The van der Waals surface area contributed by atoms with Crippen LogP contribution in [0.1, 0.15) is 6.42 Å². The van der Waals surface area contributed by atoms with Crippen LogP contribution >= 0.6 is 0 Å². The number of nitro groups is 3. The predicted octanol–water partition coefficient (Wildman–Crippen LogP) is 3.74. The molecule has 31 heavy (non-hydrogen) atoms. The Labute approximate surface area is 173 Å². The molecule has 0 radical (unpaired) electrons. The Morgan fingerprint density at radius 3 is 2.39 bits per heavy atom. The number of anilines is 1. The largest absolute Gasteiger partial charge is 0.450 e. The number of ether oxygens (including phenoxy) is 1. The van der Waals surface area contributed by atoms with Gasteiger partial charge in [-0.05, 0) is 30.7 Å². The molecule has 0 saturated heterocycles. The molecule has 0 fully saturated rings. The molecule has 0 unspecified atom stereocenters. The molecule has 1 aliphatic rings. The lowest BCUT2D eigenvalue weighted by atomic mass is 10.0. The van der Waals surface area contributed by atoms with E-state index < -0.39 is 26.1 Å². The fraction of sp³-hybridized carbons (Fsp3) is 0.111. The van der Waals surface area contributed by atoms with Gasteiger partial charge in [0.15, 0.2) is 0 Å². The first-order valence-electron chi connectivity index (χ1n) is 8.72. The van der Waals surface area contributed by atoms with Crippen molar-refractivity contribution in [1.82, 2.24) is 4.98 Å². The van der Waals surface area contributed by atoms with Crippen molar-refractivity contribution in [3.05, 3.63) is 90.9 Å². The first kappa shape index (κ1) is 21.0. The summed E-state index contributed by atoms with van der Waals surface area (Å²) >= 11 is 0. The van der Waals surface area contributed by atoms with E-state index >= 15 is 0 Å². The number of rotatable bonds is 8. The number of allylic oxidation sites excluding steroid dienone is 3. The summed E-state index contributed by atoms with van der Waals surface area (Å²) in [6.45, 7) is 0. The highest BCUT2D eigenvalue weighted by Crippen LogP contribution is 2.33. The zero-order valence-electron chi connectivity index (χ0n) is 15.7. The SMILES string of the molecule is O=[N+]([O-])c1ccc(N/N=C\[C@H]2C=CC(Oc3ccc([N+](=O)[O-])cc3[N+](=O)[O-])=CC2)nc1. The molecule has 3 rings (SSSR count). The summed E-state index contributed by atoms with van der Waals surface area (Å²) in [5.74, 6) is 0.493. The van der Waals surface area contributed by atoms with E-state index in [9.17, 15) is 30.3 Å². The summed E-state index contributed by atoms with van der Waals surface area (Å²) in [4.78, 5) is 34.4. The molecular weight excluding hydrogens is 412 g/mol. The lowest BCUT2D eigenvalue weighted by molar-refractivity contribution is -0.394. The van der Waals surface area contributed by atoms with E-state index in [0.717, 1.165) is 18.3 Å². The Bertz CT molecular complexity index is 1110. The van der Waals surface area contributed by atoms with Crippen LogP contribution in [-0.4, -0.2) is 26.0 Å². The normalized spacial score (nSPS) is 15.4. The molecule has 2 aromatic rings. The lowest BCUT2D eigenvalue weighted by Gasteiger charge is -2.13. The standard InChI is InChI=1S/C18H14N6O7/c25-22(26)13-3-7-17(16(9-13)24(29)30)31-15-5-1-12(2-6-15)10-20-21-18-8-4-14(11-19-18)23(27)28/h1,3-12H,2H2,(H,19,21)/b20-10-/t12-/m0/s1. The molecule has 1 aromatic heterocycles. The van der Waals surface area contributed by atoms with E-state index in [0.29, 0.717) is 18.0 Å².